The van der Waals surface area contributed by atoms with Crippen LogP contribution in [-0.2, 0) is 6.42 Å². The van der Waals surface area contributed by atoms with E-state index in [1.807, 2.05) is 12.4 Å². The molecule has 0 bridgehead atoms. The summed E-state index contributed by atoms with van der Waals surface area (Å²) in [6.45, 7) is 0. The summed E-state index contributed by atoms with van der Waals surface area (Å²) in [7, 11) is 2.09. The number of hydrogen-bond acceptors (Lipinski definition) is 2. The maximum absolute atomic E-state index is 4.04. The van der Waals surface area contributed by atoms with Gasteiger partial charge >= 0.3 is 0 Å². The molecule has 1 N–H and O–H groups in total. The Hall–Kier alpha value is -0.890. The van der Waals surface area contributed by atoms with Gasteiger partial charge in [-0.1, -0.05) is 6.42 Å². The lowest BCUT2D eigenvalue weighted by molar-refractivity contribution is 0.400. The molecule has 0 radical (unpaired) electrons. The molecule has 1 aliphatic rings. The Bertz CT molecular complexity index is 284. The summed E-state index contributed by atoms with van der Waals surface area (Å²) in [6.07, 6.45) is 10.4. The van der Waals surface area contributed by atoms with E-state index < -0.39 is 0 Å². The van der Waals surface area contributed by atoms with Gasteiger partial charge in [0.1, 0.15) is 0 Å². The molecular weight excluding hydrogens is 184 g/mol. The number of nitrogens with one attached hydrogen (secondary N) is 1. The zero-order valence-corrected chi connectivity index (χ0v) is 9.45. The first-order valence-corrected chi connectivity index (χ1v) is 5.96. The second-order valence-electron chi connectivity index (χ2n) is 4.48. The van der Waals surface area contributed by atoms with E-state index in [1.54, 1.807) is 0 Å². The van der Waals surface area contributed by atoms with Gasteiger partial charge in [0.05, 0.1) is 0 Å². The minimum absolute atomic E-state index is 0.756. The Morgan fingerprint density at radius 2 is 2.13 bits per heavy atom. The third-order valence-electron chi connectivity index (χ3n) is 3.58. The number of rotatable bonds is 4. The van der Waals surface area contributed by atoms with Crippen molar-refractivity contribution in [3.8, 4) is 0 Å². The Labute approximate surface area is 92.1 Å². The van der Waals surface area contributed by atoms with Gasteiger partial charge in [0.15, 0.2) is 0 Å². The van der Waals surface area contributed by atoms with Gasteiger partial charge in [0, 0.05) is 18.4 Å². The third kappa shape index (κ3) is 2.78. The maximum atomic E-state index is 4.04. The average molecular weight is 204 g/mol. The summed E-state index contributed by atoms with van der Waals surface area (Å²) in [5.74, 6) is 0.878. The van der Waals surface area contributed by atoms with Crippen LogP contribution >= 0.6 is 0 Å². The van der Waals surface area contributed by atoms with E-state index in [1.165, 1.54) is 37.7 Å². The molecule has 82 valence electrons. The Balaban J connectivity index is 1.83. The van der Waals surface area contributed by atoms with Crippen molar-refractivity contribution in [1.82, 2.24) is 10.3 Å². The first kappa shape index (κ1) is 10.6. The molecule has 15 heavy (non-hydrogen) atoms. The fraction of sp³-hybridized carbons (Fsp3) is 0.615. The predicted octanol–water partition coefficient (Wildman–Crippen LogP) is 2.40. The van der Waals surface area contributed by atoms with Crippen molar-refractivity contribution < 1.29 is 0 Å². The molecule has 1 fully saturated rings. The summed E-state index contributed by atoms with van der Waals surface area (Å²) < 4.78 is 0. The van der Waals surface area contributed by atoms with E-state index in [9.17, 15) is 0 Å². The maximum Gasteiger partial charge on any atom is 0.0270 e. The number of nitrogens with zero attached hydrogens (tertiary/aromatic N) is 1. The van der Waals surface area contributed by atoms with Crippen LogP contribution in [0.1, 0.15) is 31.2 Å². The standard InChI is InChI=1S/C13H20N2/c1-14-13-4-2-3-12(13)6-5-11-7-9-15-10-8-11/h7-10,12-14H,2-6H2,1H3. The van der Waals surface area contributed by atoms with E-state index in [0.717, 1.165) is 12.0 Å². The van der Waals surface area contributed by atoms with E-state index >= 15 is 0 Å². The van der Waals surface area contributed by atoms with Gasteiger partial charge in [-0.05, 0) is 56.3 Å². The molecule has 2 unspecified atom stereocenters. The van der Waals surface area contributed by atoms with Gasteiger partial charge in [0.25, 0.3) is 0 Å². The van der Waals surface area contributed by atoms with Gasteiger partial charge in [-0.3, -0.25) is 4.98 Å². The molecule has 1 heterocycles. The minimum atomic E-state index is 0.756. The van der Waals surface area contributed by atoms with E-state index in [-0.39, 0.29) is 0 Å². The highest BCUT2D eigenvalue weighted by molar-refractivity contribution is 5.09. The van der Waals surface area contributed by atoms with Gasteiger partial charge in [-0.25, -0.2) is 0 Å². The van der Waals surface area contributed by atoms with E-state index in [2.05, 4.69) is 29.5 Å². The highest BCUT2D eigenvalue weighted by atomic mass is 14.9. The zero-order valence-electron chi connectivity index (χ0n) is 9.45. The second kappa shape index (κ2) is 5.26. The molecule has 2 heteroatoms. The van der Waals surface area contributed by atoms with Crippen molar-refractivity contribution in [2.45, 2.75) is 38.1 Å². The Morgan fingerprint density at radius 1 is 1.33 bits per heavy atom. The van der Waals surface area contributed by atoms with E-state index in [4.69, 9.17) is 0 Å². The topological polar surface area (TPSA) is 24.9 Å². The molecule has 2 rings (SSSR count). The van der Waals surface area contributed by atoms with Gasteiger partial charge in [0.2, 0.25) is 0 Å². The minimum Gasteiger partial charge on any atom is -0.317 e. The number of aromatic nitrogens is 1. The van der Waals surface area contributed by atoms with Crippen LogP contribution in [0.2, 0.25) is 0 Å². The number of hydrogen-bond donors (Lipinski definition) is 1. The van der Waals surface area contributed by atoms with Crippen LogP contribution in [0.3, 0.4) is 0 Å². The Morgan fingerprint density at radius 3 is 2.87 bits per heavy atom. The van der Waals surface area contributed by atoms with Crippen molar-refractivity contribution >= 4 is 0 Å². The van der Waals surface area contributed by atoms with Crippen LogP contribution in [0.25, 0.3) is 0 Å². The van der Waals surface area contributed by atoms with E-state index in [0.29, 0.717) is 0 Å². The summed E-state index contributed by atoms with van der Waals surface area (Å²) in [5.41, 5.74) is 1.42. The van der Waals surface area contributed by atoms with Crippen molar-refractivity contribution in [3.63, 3.8) is 0 Å². The van der Waals surface area contributed by atoms with Crippen LogP contribution in [0.5, 0.6) is 0 Å². The van der Waals surface area contributed by atoms with Crippen molar-refractivity contribution in [1.29, 1.82) is 0 Å². The molecule has 0 aromatic carbocycles. The lowest BCUT2D eigenvalue weighted by Crippen LogP contribution is -2.29. The molecular formula is C13H20N2. The smallest absolute Gasteiger partial charge is 0.0270 e. The summed E-state index contributed by atoms with van der Waals surface area (Å²) in [5, 5.41) is 3.44. The van der Waals surface area contributed by atoms with Gasteiger partial charge in [-0.2, -0.15) is 0 Å². The monoisotopic (exact) mass is 204 g/mol. The van der Waals surface area contributed by atoms with Crippen molar-refractivity contribution in [3.05, 3.63) is 30.1 Å². The van der Waals surface area contributed by atoms with Crippen LogP contribution in [0.15, 0.2) is 24.5 Å². The lowest BCUT2D eigenvalue weighted by Gasteiger charge is -2.18. The lowest BCUT2D eigenvalue weighted by atomic mass is 9.95. The molecule has 0 aliphatic heterocycles. The highest BCUT2D eigenvalue weighted by Gasteiger charge is 2.24. The SMILES string of the molecule is CNC1CCCC1CCc1ccncc1. The van der Waals surface area contributed by atoms with Crippen LogP contribution in [0.4, 0.5) is 0 Å². The first-order chi connectivity index (χ1) is 7.40. The quantitative estimate of drug-likeness (QED) is 0.814. The summed E-state index contributed by atoms with van der Waals surface area (Å²) in [6, 6.07) is 5.01. The molecule has 1 aliphatic carbocycles. The molecule has 0 saturated heterocycles. The molecule has 1 aromatic rings. The van der Waals surface area contributed by atoms with Crippen LogP contribution in [0, 0.1) is 5.92 Å². The fourth-order valence-corrected chi connectivity index (χ4v) is 2.66. The largest absolute Gasteiger partial charge is 0.317 e. The van der Waals surface area contributed by atoms with Crippen molar-refractivity contribution in [2.75, 3.05) is 7.05 Å². The predicted molar refractivity (Wildman–Crippen MR) is 62.7 cm³/mol. The summed E-state index contributed by atoms with van der Waals surface area (Å²) >= 11 is 0. The molecule has 2 nitrogen and oxygen atoms in total. The highest BCUT2D eigenvalue weighted by Crippen LogP contribution is 2.29. The molecule has 1 aromatic heterocycles. The zero-order chi connectivity index (χ0) is 10.5. The average Bonchev–Trinajstić information content (AvgIpc) is 2.75. The number of aryl methyl sites for hydroxylation is 1. The number of pyridine rings is 1. The van der Waals surface area contributed by atoms with Gasteiger partial charge < -0.3 is 5.32 Å². The molecule has 0 spiro atoms. The second-order valence-corrected chi connectivity index (χ2v) is 4.48. The summed E-state index contributed by atoms with van der Waals surface area (Å²) in [4.78, 5) is 4.04. The molecule has 2 atom stereocenters. The third-order valence-corrected chi connectivity index (χ3v) is 3.58. The van der Waals surface area contributed by atoms with Crippen LogP contribution < -0.4 is 5.32 Å². The fourth-order valence-electron chi connectivity index (χ4n) is 2.66. The Kier molecular flexibility index (Phi) is 3.73. The molecule has 1 saturated carbocycles. The van der Waals surface area contributed by atoms with Gasteiger partial charge in [-0.15, -0.1) is 0 Å². The van der Waals surface area contributed by atoms with Crippen molar-refractivity contribution in [2.24, 2.45) is 5.92 Å². The molecule has 0 amide bonds. The normalized spacial score (nSPS) is 25.7. The van der Waals surface area contributed by atoms with Crippen LogP contribution in [-0.4, -0.2) is 18.1 Å². The first-order valence-electron chi connectivity index (χ1n) is 5.96.